The van der Waals surface area contributed by atoms with Crippen molar-refractivity contribution in [2.75, 3.05) is 0 Å². The summed E-state index contributed by atoms with van der Waals surface area (Å²) in [6.45, 7) is 3.10. The molecule has 0 radical (unpaired) electrons. The van der Waals surface area contributed by atoms with E-state index in [1.54, 1.807) is 13.0 Å². The Morgan fingerprint density at radius 2 is 2.22 bits per heavy atom. The van der Waals surface area contributed by atoms with Gasteiger partial charge in [0.1, 0.15) is 0 Å². The lowest BCUT2D eigenvalue weighted by Crippen LogP contribution is -2.50. The molecule has 0 saturated heterocycles. The van der Waals surface area contributed by atoms with Crippen LogP contribution in [-0.2, 0) is 11.3 Å². The van der Waals surface area contributed by atoms with Crippen LogP contribution < -0.4 is 10.6 Å². The SMILES string of the molecule is Cc1cc(CNC(=O)N[C@H](C(=O)O)[C@@H](C)O)on1. The zero-order valence-electron chi connectivity index (χ0n) is 10.0. The van der Waals surface area contributed by atoms with E-state index in [1.165, 1.54) is 6.92 Å². The first-order chi connectivity index (χ1) is 8.40. The third-order valence-electron chi connectivity index (χ3n) is 2.13. The standard InChI is InChI=1S/C10H15N3O5/c1-5-3-7(18-13-5)4-11-10(17)12-8(6(2)14)9(15)16/h3,6,8,14H,4H2,1-2H3,(H,15,16)(H2,11,12,17)/t6-,8+/m1/s1. The summed E-state index contributed by atoms with van der Waals surface area (Å²) in [5.74, 6) is -0.859. The number of aryl methyl sites for hydroxylation is 1. The van der Waals surface area contributed by atoms with Crippen LogP contribution in [0.15, 0.2) is 10.6 Å². The molecule has 2 atom stereocenters. The average Bonchev–Trinajstić information content (AvgIpc) is 2.68. The number of hydrogen-bond donors (Lipinski definition) is 4. The summed E-state index contributed by atoms with van der Waals surface area (Å²) < 4.78 is 4.86. The summed E-state index contributed by atoms with van der Waals surface area (Å²) >= 11 is 0. The Kier molecular flexibility index (Phi) is 4.67. The number of amides is 2. The molecule has 0 unspecified atom stereocenters. The molecule has 0 fully saturated rings. The second-order valence-corrected chi connectivity index (χ2v) is 3.82. The first-order valence-corrected chi connectivity index (χ1v) is 5.27. The number of nitrogens with zero attached hydrogens (tertiary/aromatic N) is 1. The predicted octanol–water partition coefficient (Wildman–Crippen LogP) is -0.384. The Balaban J connectivity index is 2.43. The minimum Gasteiger partial charge on any atom is -0.480 e. The van der Waals surface area contributed by atoms with E-state index < -0.39 is 24.1 Å². The third-order valence-corrected chi connectivity index (χ3v) is 2.13. The average molecular weight is 257 g/mol. The normalized spacial score (nSPS) is 13.7. The van der Waals surface area contributed by atoms with E-state index in [-0.39, 0.29) is 6.54 Å². The van der Waals surface area contributed by atoms with Crippen molar-refractivity contribution in [2.24, 2.45) is 0 Å². The fraction of sp³-hybridized carbons (Fsp3) is 0.500. The van der Waals surface area contributed by atoms with Gasteiger partial charge in [-0.15, -0.1) is 0 Å². The van der Waals surface area contributed by atoms with Gasteiger partial charge in [0, 0.05) is 6.07 Å². The minimum atomic E-state index is -1.36. The van der Waals surface area contributed by atoms with Crippen LogP contribution in [0.2, 0.25) is 0 Å². The minimum absolute atomic E-state index is 0.0822. The van der Waals surface area contributed by atoms with Crippen LogP contribution in [0.4, 0.5) is 4.79 Å². The molecule has 1 aromatic heterocycles. The number of rotatable bonds is 5. The highest BCUT2D eigenvalue weighted by molar-refractivity contribution is 5.82. The van der Waals surface area contributed by atoms with Crippen LogP contribution in [0, 0.1) is 6.92 Å². The van der Waals surface area contributed by atoms with Gasteiger partial charge in [-0.25, -0.2) is 9.59 Å². The van der Waals surface area contributed by atoms with E-state index in [0.29, 0.717) is 11.5 Å². The van der Waals surface area contributed by atoms with Crippen molar-refractivity contribution in [3.63, 3.8) is 0 Å². The fourth-order valence-corrected chi connectivity index (χ4v) is 1.25. The van der Waals surface area contributed by atoms with Crippen LogP contribution >= 0.6 is 0 Å². The molecule has 0 bridgehead atoms. The third kappa shape index (κ3) is 4.06. The Hall–Kier alpha value is -2.09. The molecule has 0 aliphatic carbocycles. The summed E-state index contributed by atoms with van der Waals surface area (Å²) in [5, 5.41) is 26.1. The van der Waals surface area contributed by atoms with Crippen LogP contribution in [0.3, 0.4) is 0 Å². The Morgan fingerprint density at radius 1 is 1.56 bits per heavy atom. The molecule has 18 heavy (non-hydrogen) atoms. The lowest BCUT2D eigenvalue weighted by atomic mass is 10.2. The number of carbonyl (C=O) groups excluding carboxylic acids is 1. The smallest absolute Gasteiger partial charge is 0.328 e. The molecule has 0 aliphatic rings. The number of hydrogen-bond acceptors (Lipinski definition) is 5. The monoisotopic (exact) mass is 257 g/mol. The molecule has 1 aromatic rings. The van der Waals surface area contributed by atoms with Gasteiger partial charge >= 0.3 is 12.0 Å². The number of aliphatic hydroxyl groups excluding tert-OH is 1. The predicted molar refractivity (Wildman–Crippen MR) is 59.7 cm³/mol. The number of aliphatic carboxylic acids is 1. The van der Waals surface area contributed by atoms with Gasteiger partial charge < -0.3 is 25.4 Å². The van der Waals surface area contributed by atoms with Crippen LogP contribution in [0.5, 0.6) is 0 Å². The molecule has 4 N–H and O–H groups in total. The van der Waals surface area contributed by atoms with Crippen molar-refractivity contribution in [3.05, 3.63) is 17.5 Å². The van der Waals surface area contributed by atoms with Gasteiger partial charge in [-0.05, 0) is 13.8 Å². The molecular formula is C10H15N3O5. The molecule has 1 rings (SSSR count). The number of urea groups is 1. The van der Waals surface area contributed by atoms with E-state index in [4.69, 9.17) is 14.7 Å². The first-order valence-electron chi connectivity index (χ1n) is 5.27. The molecule has 1 heterocycles. The first kappa shape index (κ1) is 14.0. The Morgan fingerprint density at radius 3 is 2.67 bits per heavy atom. The zero-order chi connectivity index (χ0) is 13.7. The van der Waals surface area contributed by atoms with Gasteiger partial charge in [0.2, 0.25) is 0 Å². The number of nitrogens with one attached hydrogen (secondary N) is 2. The van der Waals surface area contributed by atoms with Crippen molar-refractivity contribution in [2.45, 2.75) is 32.5 Å². The van der Waals surface area contributed by atoms with Crippen molar-refractivity contribution in [1.82, 2.24) is 15.8 Å². The molecule has 0 spiro atoms. The van der Waals surface area contributed by atoms with Crippen LogP contribution in [0.25, 0.3) is 0 Å². The number of carbonyl (C=O) groups is 2. The maximum absolute atomic E-state index is 11.4. The molecule has 0 saturated carbocycles. The quantitative estimate of drug-likeness (QED) is 0.569. The van der Waals surface area contributed by atoms with Gasteiger partial charge in [0.15, 0.2) is 11.8 Å². The van der Waals surface area contributed by atoms with Gasteiger partial charge in [-0.3, -0.25) is 0 Å². The molecule has 8 heteroatoms. The van der Waals surface area contributed by atoms with Gasteiger partial charge in [0.05, 0.1) is 18.3 Å². The summed E-state index contributed by atoms with van der Waals surface area (Å²) in [6, 6.07) is -0.428. The van der Waals surface area contributed by atoms with E-state index >= 15 is 0 Å². The summed E-state index contributed by atoms with van der Waals surface area (Å²) in [4.78, 5) is 22.1. The second kappa shape index (κ2) is 6.01. The van der Waals surface area contributed by atoms with Crippen molar-refractivity contribution >= 4 is 12.0 Å². The van der Waals surface area contributed by atoms with Crippen molar-refractivity contribution in [3.8, 4) is 0 Å². The zero-order valence-corrected chi connectivity index (χ0v) is 10.0. The lowest BCUT2D eigenvalue weighted by Gasteiger charge is -2.16. The van der Waals surface area contributed by atoms with Gasteiger partial charge in [-0.2, -0.15) is 0 Å². The number of aromatic nitrogens is 1. The number of carboxylic acid groups (broad SMARTS) is 1. The number of aliphatic hydroxyl groups is 1. The van der Waals surface area contributed by atoms with Crippen LogP contribution in [0.1, 0.15) is 18.4 Å². The Bertz CT molecular complexity index is 429. The molecule has 8 nitrogen and oxygen atoms in total. The summed E-state index contributed by atoms with van der Waals surface area (Å²) in [5.41, 5.74) is 0.680. The lowest BCUT2D eigenvalue weighted by molar-refractivity contribution is -0.141. The Labute approximate surface area is 103 Å². The molecule has 2 amide bonds. The number of carboxylic acids is 1. The van der Waals surface area contributed by atoms with E-state index in [0.717, 1.165) is 0 Å². The largest absolute Gasteiger partial charge is 0.480 e. The molecular weight excluding hydrogens is 242 g/mol. The maximum Gasteiger partial charge on any atom is 0.328 e. The molecule has 0 aliphatic heterocycles. The van der Waals surface area contributed by atoms with Gasteiger partial charge in [0.25, 0.3) is 0 Å². The molecule has 0 aromatic carbocycles. The topological polar surface area (TPSA) is 125 Å². The van der Waals surface area contributed by atoms with Crippen molar-refractivity contribution in [1.29, 1.82) is 0 Å². The van der Waals surface area contributed by atoms with Crippen molar-refractivity contribution < 1.29 is 24.3 Å². The highest BCUT2D eigenvalue weighted by Crippen LogP contribution is 2.01. The van der Waals surface area contributed by atoms with E-state index in [1.807, 2.05) is 0 Å². The fourth-order valence-electron chi connectivity index (χ4n) is 1.25. The maximum atomic E-state index is 11.4. The van der Waals surface area contributed by atoms with E-state index in [2.05, 4.69) is 15.8 Å². The van der Waals surface area contributed by atoms with Gasteiger partial charge in [-0.1, -0.05) is 5.16 Å². The molecule has 100 valence electrons. The second-order valence-electron chi connectivity index (χ2n) is 3.82. The van der Waals surface area contributed by atoms with Crippen LogP contribution in [-0.4, -0.2) is 39.5 Å². The summed E-state index contributed by atoms with van der Waals surface area (Å²) in [7, 11) is 0. The highest BCUT2D eigenvalue weighted by Gasteiger charge is 2.24. The summed E-state index contributed by atoms with van der Waals surface area (Å²) in [6.07, 6.45) is -1.19. The highest BCUT2D eigenvalue weighted by atomic mass is 16.5. The van der Waals surface area contributed by atoms with E-state index in [9.17, 15) is 9.59 Å².